The molecular weight excluding hydrogens is 465 g/mol. The summed E-state index contributed by atoms with van der Waals surface area (Å²) in [5, 5.41) is 13.2. The van der Waals surface area contributed by atoms with E-state index in [0.717, 1.165) is 0 Å². The highest BCUT2D eigenvalue weighted by atomic mass is 19.4. The van der Waals surface area contributed by atoms with E-state index < -0.39 is 48.8 Å². The minimum atomic E-state index is -5.86. The average Bonchev–Trinajstić information content (AvgIpc) is 2.87. The van der Waals surface area contributed by atoms with Gasteiger partial charge in [-0.1, -0.05) is 42.5 Å². The standard InChI is InChI=1S/C22H20F5N3O4/c23-21(24,22(25,26)27)12-28-17(32)11-18(33)29-19-15-7-2-1-5-13(15)14-6-3-4-8-16(14)30(9-10-31)20(19)34/h1-8,19,31H,9-12H2,(H,28,32)(H,29,33)/t19-/m0/s1. The molecule has 182 valence electrons. The van der Waals surface area contributed by atoms with E-state index in [1.165, 1.54) is 10.2 Å². The monoisotopic (exact) mass is 485 g/mol. The highest BCUT2D eigenvalue weighted by molar-refractivity contribution is 6.07. The highest BCUT2D eigenvalue weighted by Gasteiger charge is 2.57. The van der Waals surface area contributed by atoms with Crippen LogP contribution in [0.25, 0.3) is 11.1 Å². The van der Waals surface area contributed by atoms with Crippen LogP contribution in [-0.4, -0.2) is 54.6 Å². The fraction of sp³-hybridized carbons (Fsp3) is 0.318. The summed E-state index contributed by atoms with van der Waals surface area (Å²) in [4.78, 5) is 38.8. The summed E-state index contributed by atoms with van der Waals surface area (Å²) in [6, 6.07) is 12.2. The van der Waals surface area contributed by atoms with Gasteiger partial charge < -0.3 is 20.6 Å². The van der Waals surface area contributed by atoms with Gasteiger partial charge in [-0.05, 0) is 17.2 Å². The maximum absolute atomic E-state index is 13.3. The number of carbonyl (C=O) groups excluding carboxylic acids is 3. The van der Waals surface area contributed by atoms with Crippen LogP contribution >= 0.6 is 0 Å². The molecule has 0 radical (unpaired) electrons. The number of anilines is 1. The van der Waals surface area contributed by atoms with Gasteiger partial charge >= 0.3 is 12.1 Å². The molecule has 3 amide bonds. The van der Waals surface area contributed by atoms with Gasteiger partial charge in [0.1, 0.15) is 12.5 Å². The number of alkyl halides is 5. The van der Waals surface area contributed by atoms with Crippen molar-refractivity contribution in [2.75, 3.05) is 24.6 Å². The number of rotatable bonds is 7. The second-order valence-electron chi connectivity index (χ2n) is 7.47. The molecule has 0 saturated heterocycles. The van der Waals surface area contributed by atoms with Crippen LogP contribution in [0, 0.1) is 0 Å². The molecule has 1 aliphatic heterocycles. The molecule has 34 heavy (non-hydrogen) atoms. The largest absolute Gasteiger partial charge is 0.455 e. The zero-order valence-electron chi connectivity index (χ0n) is 17.5. The van der Waals surface area contributed by atoms with Crippen LogP contribution in [0.4, 0.5) is 27.6 Å². The minimum absolute atomic E-state index is 0.0940. The van der Waals surface area contributed by atoms with Crippen molar-refractivity contribution in [2.24, 2.45) is 0 Å². The molecule has 0 fully saturated rings. The zero-order chi connectivity index (χ0) is 25.1. The van der Waals surface area contributed by atoms with Gasteiger partial charge in [-0.2, -0.15) is 22.0 Å². The van der Waals surface area contributed by atoms with Crippen LogP contribution in [0.3, 0.4) is 0 Å². The maximum atomic E-state index is 13.3. The minimum Gasteiger partial charge on any atom is -0.395 e. The van der Waals surface area contributed by atoms with Crippen molar-refractivity contribution in [1.82, 2.24) is 10.6 Å². The molecule has 7 nitrogen and oxygen atoms in total. The Morgan fingerprint density at radius 2 is 1.56 bits per heavy atom. The third-order valence-electron chi connectivity index (χ3n) is 5.14. The number of aliphatic hydroxyl groups excluding tert-OH is 1. The van der Waals surface area contributed by atoms with Crippen molar-refractivity contribution in [3.05, 3.63) is 54.1 Å². The lowest BCUT2D eigenvalue weighted by Gasteiger charge is -2.26. The van der Waals surface area contributed by atoms with Crippen molar-refractivity contribution in [3.8, 4) is 11.1 Å². The van der Waals surface area contributed by atoms with Crippen molar-refractivity contribution in [2.45, 2.75) is 24.6 Å². The third-order valence-corrected chi connectivity index (χ3v) is 5.14. The van der Waals surface area contributed by atoms with Crippen LogP contribution in [0.1, 0.15) is 18.0 Å². The highest BCUT2D eigenvalue weighted by Crippen LogP contribution is 2.40. The van der Waals surface area contributed by atoms with Crippen molar-refractivity contribution >= 4 is 23.4 Å². The Morgan fingerprint density at radius 3 is 2.21 bits per heavy atom. The second kappa shape index (κ2) is 9.75. The summed E-state index contributed by atoms with van der Waals surface area (Å²) >= 11 is 0. The molecular formula is C22H20F5N3O4. The molecule has 12 heteroatoms. The first-order valence-electron chi connectivity index (χ1n) is 10.1. The number of para-hydroxylation sites is 1. The molecule has 2 aromatic rings. The number of hydrogen-bond donors (Lipinski definition) is 3. The summed E-state index contributed by atoms with van der Waals surface area (Å²) in [5.74, 6) is -8.21. The Labute approximate surface area is 190 Å². The van der Waals surface area contributed by atoms with E-state index in [2.05, 4.69) is 5.32 Å². The van der Waals surface area contributed by atoms with E-state index in [9.17, 15) is 41.4 Å². The Bertz CT molecular complexity index is 1090. The lowest BCUT2D eigenvalue weighted by Crippen LogP contribution is -2.48. The number of nitrogens with one attached hydrogen (secondary N) is 2. The topological polar surface area (TPSA) is 98.7 Å². The van der Waals surface area contributed by atoms with Gasteiger partial charge in [-0.15, -0.1) is 0 Å². The molecule has 3 N–H and O–H groups in total. The number of carbonyl (C=O) groups is 3. The van der Waals surface area contributed by atoms with Crippen LogP contribution < -0.4 is 15.5 Å². The fourth-order valence-electron chi connectivity index (χ4n) is 3.54. The van der Waals surface area contributed by atoms with E-state index in [0.29, 0.717) is 22.4 Å². The summed E-state index contributed by atoms with van der Waals surface area (Å²) < 4.78 is 62.7. The summed E-state index contributed by atoms with van der Waals surface area (Å²) in [6.45, 7) is -2.50. The van der Waals surface area contributed by atoms with Crippen LogP contribution in [-0.2, 0) is 14.4 Å². The molecule has 0 bridgehead atoms. The Kier molecular flexibility index (Phi) is 7.20. The predicted octanol–water partition coefficient (Wildman–Crippen LogP) is 2.55. The lowest BCUT2D eigenvalue weighted by atomic mass is 9.95. The van der Waals surface area contributed by atoms with Gasteiger partial charge in [-0.3, -0.25) is 14.4 Å². The second-order valence-corrected chi connectivity index (χ2v) is 7.47. The van der Waals surface area contributed by atoms with Gasteiger partial charge in [0.15, 0.2) is 0 Å². The van der Waals surface area contributed by atoms with Crippen molar-refractivity contribution in [3.63, 3.8) is 0 Å². The fourth-order valence-corrected chi connectivity index (χ4v) is 3.54. The number of halogens is 5. The molecule has 0 spiro atoms. The van der Waals surface area contributed by atoms with E-state index in [-0.39, 0.29) is 13.2 Å². The molecule has 1 heterocycles. The van der Waals surface area contributed by atoms with Gasteiger partial charge in [0.25, 0.3) is 5.91 Å². The SMILES string of the molecule is O=C(CC(=O)N[C@@H]1C(=O)N(CCO)c2ccccc2-c2ccccc21)NCC(F)(F)C(F)(F)F. The normalized spacial score (nSPS) is 15.8. The first-order chi connectivity index (χ1) is 16.0. The number of benzene rings is 2. The first-order valence-corrected chi connectivity index (χ1v) is 10.1. The summed E-state index contributed by atoms with van der Waals surface area (Å²) in [7, 11) is 0. The van der Waals surface area contributed by atoms with Gasteiger partial charge in [0.05, 0.1) is 18.8 Å². The molecule has 1 aliphatic rings. The van der Waals surface area contributed by atoms with Gasteiger partial charge in [0.2, 0.25) is 11.8 Å². The molecule has 2 aromatic carbocycles. The van der Waals surface area contributed by atoms with Gasteiger partial charge in [0, 0.05) is 12.1 Å². The van der Waals surface area contributed by atoms with Crippen molar-refractivity contribution < 1.29 is 41.4 Å². The number of β-amino-alcohol motifs (C(OH)–C–C–N with tert-alkyl or cyclic N) is 1. The predicted molar refractivity (Wildman–Crippen MR) is 111 cm³/mol. The Hall–Kier alpha value is -3.54. The van der Waals surface area contributed by atoms with Crippen LogP contribution in [0.2, 0.25) is 0 Å². The molecule has 1 atom stereocenters. The van der Waals surface area contributed by atoms with Crippen LogP contribution in [0.5, 0.6) is 0 Å². The summed E-state index contributed by atoms with van der Waals surface area (Å²) in [6.07, 6.45) is -6.93. The van der Waals surface area contributed by atoms with Gasteiger partial charge in [-0.25, -0.2) is 0 Å². The number of fused-ring (bicyclic) bond motifs is 3. The summed E-state index contributed by atoms with van der Waals surface area (Å²) in [5.41, 5.74) is 2.13. The average molecular weight is 485 g/mol. The van der Waals surface area contributed by atoms with Crippen molar-refractivity contribution in [1.29, 1.82) is 0 Å². The quantitative estimate of drug-likeness (QED) is 0.415. The third kappa shape index (κ3) is 5.16. The van der Waals surface area contributed by atoms with E-state index in [1.54, 1.807) is 48.5 Å². The number of aliphatic hydroxyl groups is 1. The smallest absolute Gasteiger partial charge is 0.395 e. The van der Waals surface area contributed by atoms with E-state index in [4.69, 9.17) is 0 Å². The molecule has 0 aromatic heterocycles. The van der Waals surface area contributed by atoms with E-state index >= 15 is 0 Å². The number of hydrogen-bond acceptors (Lipinski definition) is 4. The molecule has 3 rings (SSSR count). The van der Waals surface area contributed by atoms with E-state index in [1.807, 2.05) is 0 Å². The van der Waals surface area contributed by atoms with Crippen LogP contribution in [0.15, 0.2) is 48.5 Å². The zero-order valence-corrected chi connectivity index (χ0v) is 17.5. The first kappa shape index (κ1) is 25.1. The molecule has 0 saturated carbocycles. The Morgan fingerprint density at radius 1 is 0.941 bits per heavy atom. The Balaban J connectivity index is 1.82. The molecule has 0 aliphatic carbocycles. The number of amides is 3. The lowest BCUT2D eigenvalue weighted by molar-refractivity contribution is -0.278. The maximum Gasteiger partial charge on any atom is 0.455 e. The number of nitrogens with zero attached hydrogens (tertiary/aromatic N) is 1. The molecule has 0 unspecified atom stereocenters.